The van der Waals surface area contributed by atoms with E-state index in [-0.39, 0.29) is 11.9 Å². The zero-order valence-corrected chi connectivity index (χ0v) is 12.3. The van der Waals surface area contributed by atoms with E-state index in [2.05, 4.69) is 18.3 Å². The molecule has 0 aromatic heterocycles. The minimum absolute atomic E-state index is 0.0848. The predicted octanol–water partition coefficient (Wildman–Crippen LogP) is 2.76. The first-order valence-corrected chi connectivity index (χ1v) is 7.19. The Morgan fingerprint density at radius 2 is 2.17 bits per heavy atom. The van der Waals surface area contributed by atoms with E-state index in [0.29, 0.717) is 5.75 Å². The van der Waals surface area contributed by atoms with Crippen molar-refractivity contribution in [3.05, 3.63) is 29.3 Å². The molecule has 0 unspecified atom stereocenters. The van der Waals surface area contributed by atoms with E-state index in [9.17, 15) is 4.79 Å². The van der Waals surface area contributed by atoms with E-state index in [1.807, 2.05) is 26.0 Å². The highest BCUT2D eigenvalue weighted by Gasteiger charge is 2.06. The van der Waals surface area contributed by atoms with Crippen LogP contribution in [0.25, 0.3) is 0 Å². The summed E-state index contributed by atoms with van der Waals surface area (Å²) in [5.74, 6) is 2.24. The third-order valence-electron chi connectivity index (χ3n) is 2.38. The molecule has 0 fully saturated rings. The number of carbonyl (C=O) groups is 1. The van der Waals surface area contributed by atoms with Gasteiger partial charge in [-0.05, 0) is 26.8 Å². The van der Waals surface area contributed by atoms with Gasteiger partial charge in [0.1, 0.15) is 5.75 Å². The summed E-state index contributed by atoms with van der Waals surface area (Å²) in [6.45, 7) is 5.98. The van der Waals surface area contributed by atoms with Crippen molar-refractivity contribution < 1.29 is 9.53 Å². The van der Waals surface area contributed by atoms with Crippen LogP contribution in [0.3, 0.4) is 0 Å². The standard InChI is InChI=1S/C14H21NO2S/c1-10(2)15-14(16)9-18-8-12-7-11(3)5-6-13(12)17-4/h5-7,10H,8-9H2,1-4H3,(H,15,16). The summed E-state index contributed by atoms with van der Waals surface area (Å²) in [5.41, 5.74) is 2.35. The SMILES string of the molecule is COc1ccc(C)cc1CSCC(=O)NC(C)C. The van der Waals surface area contributed by atoms with Gasteiger partial charge in [0, 0.05) is 17.4 Å². The molecule has 1 aromatic rings. The van der Waals surface area contributed by atoms with E-state index in [1.54, 1.807) is 18.9 Å². The Kier molecular flexibility index (Phi) is 6.05. The van der Waals surface area contributed by atoms with E-state index >= 15 is 0 Å². The molecular weight excluding hydrogens is 246 g/mol. The lowest BCUT2D eigenvalue weighted by molar-refractivity contribution is -0.119. The van der Waals surface area contributed by atoms with Crippen molar-refractivity contribution in [1.82, 2.24) is 5.32 Å². The van der Waals surface area contributed by atoms with E-state index in [0.717, 1.165) is 17.1 Å². The predicted molar refractivity (Wildman–Crippen MR) is 77.2 cm³/mol. The molecule has 3 nitrogen and oxygen atoms in total. The first-order valence-electron chi connectivity index (χ1n) is 6.03. The molecule has 4 heteroatoms. The highest BCUT2D eigenvalue weighted by Crippen LogP contribution is 2.24. The molecule has 0 heterocycles. The smallest absolute Gasteiger partial charge is 0.230 e. The molecule has 0 saturated heterocycles. The van der Waals surface area contributed by atoms with Crippen molar-refractivity contribution in [2.24, 2.45) is 0 Å². The molecule has 1 aromatic carbocycles. The second kappa shape index (κ2) is 7.31. The molecule has 0 spiro atoms. The van der Waals surface area contributed by atoms with Crippen molar-refractivity contribution in [2.45, 2.75) is 32.6 Å². The Morgan fingerprint density at radius 1 is 1.44 bits per heavy atom. The number of amides is 1. The summed E-state index contributed by atoms with van der Waals surface area (Å²) in [6.07, 6.45) is 0. The van der Waals surface area contributed by atoms with Gasteiger partial charge in [0.2, 0.25) is 5.91 Å². The van der Waals surface area contributed by atoms with Crippen LogP contribution in [0, 0.1) is 6.92 Å². The molecule has 0 bridgehead atoms. The number of rotatable bonds is 6. The van der Waals surface area contributed by atoms with Gasteiger partial charge in [-0.3, -0.25) is 4.79 Å². The van der Waals surface area contributed by atoms with Gasteiger partial charge in [0.15, 0.2) is 0 Å². The van der Waals surface area contributed by atoms with Crippen LogP contribution in [0.15, 0.2) is 18.2 Å². The largest absolute Gasteiger partial charge is 0.496 e. The van der Waals surface area contributed by atoms with Crippen molar-refractivity contribution in [3.8, 4) is 5.75 Å². The molecule has 1 rings (SSSR count). The fourth-order valence-corrected chi connectivity index (χ4v) is 2.45. The molecule has 0 aliphatic rings. The molecule has 0 atom stereocenters. The number of hydrogen-bond donors (Lipinski definition) is 1. The maximum Gasteiger partial charge on any atom is 0.230 e. The van der Waals surface area contributed by atoms with E-state index < -0.39 is 0 Å². The monoisotopic (exact) mass is 267 g/mol. The Morgan fingerprint density at radius 3 is 2.78 bits per heavy atom. The van der Waals surface area contributed by atoms with Gasteiger partial charge < -0.3 is 10.1 Å². The Labute approximate surface area is 113 Å². The zero-order valence-electron chi connectivity index (χ0n) is 11.4. The molecule has 18 heavy (non-hydrogen) atoms. The van der Waals surface area contributed by atoms with Crippen LogP contribution >= 0.6 is 11.8 Å². The van der Waals surface area contributed by atoms with E-state index in [1.165, 1.54) is 5.56 Å². The lowest BCUT2D eigenvalue weighted by Gasteiger charge is -2.10. The molecule has 1 amide bonds. The molecule has 0 saturated carbocycles. The van der Waals surface area contributed by atoms with Crippen molar-refractivity contribution in [1.29, 1.82) is 0 Å². The Bertz CT molecular complexity index is 405. The number of hydrogen-bond acceptors (Lipinski definition) is 3. The third kappa shape index (κ3) is 5.00. The first kappa shape index (κ1) is 14.9. The van der Waals surface area contributed by atoms with Gasteiger partial charge in [0.25, 0.3) is 0 Å². The number of nitrogens with one attached hydrogen (secondary N) is 1. The molecule has 100 valence electrons. The van der Waals surface area contributed by atoms with E-state index in [4.69, 9.17) is 4.74 Å². The minimum Gasteiger partial charge on any atom is -0.496 e. The third-order valence-corrected chi connectivity index (χ3v) is 3.36. The number of ether oxygens (including phenoxy) is 1. The van der Waals surface area contributed by atoms with Gasteiger partial charge in [-0.25, -0.2) is 0 Å². The zero-order chi connectivity index (χ0) is 13.5. The van der Waals surface area contributed by atoms with Crippen molar-refractivity contribution >= 4 is 17.7 Å². The van der Waals surface area contributed by atoms with Gasteiger partial charge in [-0.1, -0.05) is 17.7 Å². The minimum atomic E-state index is 0.0848. The Hall–Kier alpha value is -1.16. The highest BCUT2D eigenvalue weighted by molar-refractivity contribution is 7.99. The lowest BCUT2D eigenvalue weighted by Crippen LogP contribution is -2.31. The summed E-state index contributed by atoms with van der Waals surface area (Å²) >= 11 is 1.60. The van der Waals surface area contributed by atoms with Crippen LogP contribution < -0.4 is 10.1 Å². The summed E-state index contributed by atoms with van der Waals surface area (Å²) in [4.78, 5) is 11.5. The topological polar surface area (TPSA) is 38.3 Å². The van der Waals surface area contributed by atoms with Crippen molar-refractivity contribution in [2.75, 3.05) is 12.9 Å². The summed E-state index contributed by atoms with van der Waals surface area (Å²) in [5, 5.41) is 2.88. The van der Waals surface area contributed by atoms with Crippen LogP contribution in [0.5, 0.6) is 5.75 Å². The molecule has 0 aliphatic carbocycles. The number of thioether (sulfide) groups is 1. The van der Waals surface area contributed by atoms with Crippen LogP contribution in [-0.4, -0.2) is 24.8 Å². The second-order valence-corrected chi connectivity index (χ2v) is 5.52. The van der Waals surface area contributed by atoms with Gasteiger partial charge in [-0.15, -0.1) is 11.8 Å². The number of carbonyl (C=O) groups excluding carboxylic acids is 1. The van der Waals surface area contributed by atoms with Crippen LogP contribution in [0.4, 0.5) is 0 Å². The number of methoxy groups -OCH3 is 1. The van der Waals surface area contributed by atoms with Crippen LogP contribution in [-0.2, 0) is 10.5 Å². The van der Waals surface area contributed by atoms with Gasteiger partial charge in [-0.2, -0.15) is 0 Å². The average Bonchev–Trinajstić information content (AvgIpc) is 2.28. The molecular formula is C14H21NO2S. The first-order chi connectivity index (χ1) is 8.52. The normalized spacial score (nSPS) is 10.5. The highest BCUT2D eigenvalue weighted by atomic mass is 32.2. The summed E-state index contributed by atoms with van der Waals surface area (Å²) in [7, 11) is 1.67. The number of benzene rings is 1. The average molecular weight is 267 g/mol. The lowest BCUT2D eigenvalue weighted by atomic mass is 10.1. The number of aryl methyl sites for hydroxylation is 1. The summed E-state index contributed by atoms with van der Waals surface area (Å²) < 4.78 is 5.31. The fraction of sp³-hybridized carbons (Fsp3) is 0.500. The van der Waals surface area contributed by atoms with Crippen LogP contribution in [0.2, 0.25) is 0 Å². The van der Waals surface area contributed by atoms with Crippen LogP contribution in [0.1, 0.15) is 25.0 Å². The fourth-order valence-electron chi connectivity index (χ4n) is 1.64. The molecule has 0 aliphatic heterocycles. The maximum atomic E-state index is 11.5. The summed E-state index contributed by atoms with van der Waals surface area (Å²) in [6, 6.07) is 6.30. The molecule has 0 radical (unpaired) electrons. The molecule has 1 N–H and O–H groups in total. The van der Waals surface area contributed by atoms with Crippen molar-refractivity contribution in [3.63, 3.8) is 0 Å². The van der Waals surface area contributed by atoms with Gasteiger partial charge >= 0.3 is 0 Å². The second-order valence-electron chi connectivity index (χ2n) is 4.53. The Balaban J connectivity index is 2.48. The maximum absolute atomic E-state index is 11.5. The van der Waals surface area contributed by atoms with Gasteiger partial charge in [0.05, 0.1) is 12.9 Å². The quantitative estimate of drug-likeness (QED) is 0.861.